The highest BCUT2D eigenvalue weighted by Gasteiger charge is 2.41. The number of hydrogen-bond donors (Lipinski definition) is 0. The number of rotatable bonds is 4. The Balaban J connectivity index is 1.40. The SMILES string of the molecule is O=C(Cc1noc2ccccc12)N1CCN(S(=O)(=O)C2CC2)CC1. The number of carbonyl (C=O) groups excluding carboxylic acids is 1. The number of sulfonamides is 1. The standard InChI is InChI=1S/C16H19N3O4S/c20-16(11-14-13-3-1-2-4-15(13)23-17-14)18-7-9-19(10-8-18)24(21,22)12-5-6-12/h1-4,12H,5-11H2. The monoisotopic (exact) mass is 349 g/mol. The first kappa shape index (κ1) is 15.6. The second-order valence-electron chi connectivity index (χ2n) is 6.33. The summed E-state index contributed by atoms with van der Waals surface area (Å²) >= 11 is 0. The van der Waals surface area contributed by atoms with Gasteiger partial charge in [-0.2, -0.15) is 4.31 Å². The Labute approximate surface area is 140 Å². The van der Waals surface area contributed by atoms with Crippen LogP contribution in [0.3, 0.4) is 0 Å². The van der Waals surface area contributed by atoms with Crippen molar-refractivity contribution >= 4 is 26.9 Å². The van der Waals surface area contributed by atoms with Gasteiger partial charge in [-0.1, -0.05) is 17.3 Å². The van der Waals surface area contributed by atoms with Crippen LogP contribution in [0.4, 0.5) is 0 Å². The van der Waals surface area contributed by atoms with Crippen molar-refractivity contribution in [2.24, 2.45) is 0 Å². The number of nitrogens with zero attached hydrogens (tertiary/aromatic N) is 3. The summed E-state index contributed by atoms with van der Waals surface area (Å²) in [5, 5.41) is 4.64. The maximum atomic E-state index is 12.5. The Morgan fingerprint density at radius 3 is 2.58 bits per heavy atom. The Morgan fingerprint density at radius 2 is 1.88 bits per heavy atom. The topological polar surface area (TPSA) is 83.7 Å². The lowest BCUT2D eigenvalue weighted by molar-refractivity contribution is -0.131. The van der Waals surface area contributed by atoms with E-state index in [0.29, 0.717) is 37.5 Å². The van der Waals surface area contributed by atoms with Crippen LogP contribution in [0.5, 0.6) is 0 Å². The molecule has 1 aliphatic heterocycles. The third-order valence-corrected chi connectivity index (χ3v) is 7.07. The minimum Gasteiger partial charge on any atom is -0.356 e. The van der Waals surface area contributed by atoms with Gasteiger partial charge in [0.15, 0.2) is 5.58 Å². The molecule has 1 aromatic carbocycles. The van der Waals surface area contributed by atoms with Gasteiger partial charge in [0, 0.05) is 31.6 Å². The third-order valence-electron chi connectivity index (χ3n) is 4.67. The van der Waals surface area contributed by atoms with Crippen molar-refractivity contribution in [3.63, 3.8) is 0 Å². The second-order valence-corrected chi connectivity index (χ2v) is 8.54. The molecule has 4 rings (SSSR count). The number of hydrogen-bond acceptors (Lipinski definition) is 5. The van der Waals surface area contributed by atoms with Crippen LogP contribution < -0.4 is 0 Å². The van der Waals surface area contributed by atoms with Gasteiger partial charge in [-0.25, -0.2) is 8.42 Å². The van der Waals surface area contributed by atoms with E-state index < -0.39 is 10.0 Å². The number of benzene rings is 1. The van der Waals surface area contributed by atoms with Gasteiger partial charge in [0.25, 0.3) is 0 Å². The molecule has 0 radical (unpaired) electrons. The van der Waals surface area contributed by atoms with Gasteiger partial charge >= 0.3 is 0 Å². The van der Waals surface area contributed by atoms with Crippen molar-refractivity contribution < 1.29 is 17.7 Å². The molecule has 2 aliphatic rings. The van der Waals surface area contributed by atoms with E-state index in [4.69, 9.17) is 4.52 Å². The minimum absolute atomic E-state index is 0.0440. The van der Waals surface area contributed by atoms with E-state index in [0.717, 1.165) is 18.2 Å². The van der Waals surface area contributed by atoms with Crippen molar-refractivity contribution in [1.29, 1.82) is 0 Å². The Hall–Kier alpha value is -1.93. The molecule has 8 heteroatoms. The van der Waals surface area contributed by atoms with Crippen molar-refractivity contribution in [2.75, 3.05) is 26.2 Å². The smallest absolute Gasteiger partial charge is 0.228 e. The lowest BCUT2D eigenvalue weighted by Crippen LogP contribution is -2.51. The summed E-state index contributed by atoms with van der Waals surface area (Å²) in [4.78, 5) is 14.2. The molecule has 0 bridgehead atoms. The fraction of sp³-hybridized carbons (Fsp3) is 0.500. The summed E-state index contributed by atoms with van der Waals surface area (Å²) in [6.07, 6.45) is 1.70. The molecule has 0 atom stereocenters. The molecule has 1 saturated carbocycles. The fourth-order valence-electron chi connectivity index (χ4n) is 3.09. The molecule has 7 nitrogen and oxygen atoms in total. The molecule has 1 amide bonds. The Kier molecular flexibility index (Phi) is 3.80. The van der Waals surface area contributed by atoms with E-state index in [2.05, 4.69) is 5.16 Å². The van der Waals surface area contributed by atoms with Gasteiger partial charge in [-0.15, -0.1) is 0 Å². The van der Waals surface area contributed by atoms with Gasteiger partial charge in [-0.3, -0.25) is 4.79 Å². The number of piperazine rings is 1. The highest BCUT2D eigenvalue weighted by Crippen LogP contribution is 2.31. The van der Waals surface area contributed by atoms with Crippen LogP contribution in [0.25, 0.3) is 11.0 Å². The van der Waals surface area contributed by atoms with E-state index in [9.17, 15) is 13.2 Å². The molecule has 2 heterocycles. The van der Waals surface area contributed by atoms with Gasteiger partial charge in [0.05, 0.1) is 11.7 Å². The number of para-hydroxylation sites is 1. The minimum atomic E-state index is -3.15. The first-order valence-electron chi connectivity index (χ1n) is 8.16. The predicted molar refractivity (Wildman–Crippen MR) is 87.8 cm³/mol. The zero-order chi connectivity index (χ0) is 16.7. The maximum Gasteiger partial charge on any atom is 0.228 e. The van der Waals surface area contributed by atoms with E-state index in [-0.39, 0.29) is 17.6 Å². The van der Waals surface area contributed by atoms with E-state index >= 15 is 0 Å². The summed E-state index contributed by atoms with van der Waals surface area (Å²) in [5.41, 5.74) is 1.30. The van der Waals surface area contributed by atoms with Gasteiger partial charge in [0.1, 0.15) is 5.69 Å². The van der Waals surface area contributed by atoms with Crippen molar-refractivity contribution in [2.45, 2.75) is 24.5 Å². The lowest BCUT2D eigenvalue weighted by Gasteiger charge is -2.34. The summed E-state index contributed by atoms with van der Waals surface area (Å²) in [6.45, 7) is 1.62. The van der Waals surface area contributed by atoms with E-state index in [1.165, 1.54) is 4.31 Å². The van der Waals surface area contributed by atoms with E-state index in [1.807, 2.05) is 24.3 Å². The van der Waals surface area contributed by atoms with Crippen molar-refractivity contribution in [3.05, 3.63) is 30.0 Å². The molecule has 1 aromatic heterocycles. The zero-order valence-electron chi connectivity index (χ0n) is 13.2. The first-order chi connectivity index (χ1) is 11.6. The normalized spacial score (nSPS) is 19.8. The van der Waals surface area contributed by atoms with Gasteiger partial charge in [0.2, 0.25) is 15.9 Å². The largest absolute Gasteiger partial charge is 0.356 e. The van der Waals surface area contributed by atoms with Crippen LogP contribution in [0.1, 0.15) is 18.5 Å². The predicted octanol–water partition coefficient (Wildman–Crippen LogP) is 1.01. The third kappa shape index (κ3) is 2.80. The molecule has 0 spiro atoms. The quantitative estimate of drug-likeness (QED) is 0.822. The van der Waals surface area contributed by atoms with Crippen LogP contribution in [0, 0.1) is 0 Å². The summed E-state index contributed by atoms with van der Waals surface area (Å²) in [7, 11) is -3.15. The highest BCUT2D eigenvalue weighted by molar-refractivity contribution is 7.90. The van der Waals surface area contributed by atoms with Crippen LogP contribution in [-0.2, 0) is 21.2 Å². The zero-order valence-corrected chi connectivity index (χ0v) is 14.0. The maximum absolute atomic E-state index is 12.5. The van der Waals surface area contributed by atoms with Crippen LogP contribution in [0.2, 0.25) is 0 Å². The molecule has 1 aliphatic carbocycles. The molecule has 0 unspecified atom stereocenters. The lowest BCUT2D eigenvalue weighted by atomic mass is 10.1. The van der Waals surface area contributed by atoms with Crippen LogP contribution >= 0.6 is 0 Å². The number of amides is 1. The summed E-state index contributed by atoms with van der Waals surface area (Å²) in [6, 6.07) is 7.44. The van der Waals surface area contributed by atoms with Gasteiger partial charge < -0.3 is 9.42 Å². The van der Waals surface area contributed by atoms with Crippen LogP contribution in [0.15, 0.2) is 28.8 Å². The average Bonchev–Trinajstić information content (AvgIpc) is 3.39. The summed E-state index contributed by atoms with van der Waals surface area (Å²) < 4.78 is 31.2. The van der Waals surface area contributed by atoms with Crippen LogP contribution in [-0.4, -0.2) is 60.1 Å². The molecule has 1 saturated heterocycles. The summed E-state index contributed by atoms with van der Waals surface area (Å²) in [5.74, 6) is -0.0440. The highest BCUT2D eigenvalue weighted by atomic mass is 32.2. The number of carbonyl (C=O) groups is 1. The Morgan fingerprint density at radius 1 is 1.17 bits per heavy atom. The first-order valence-corrected chi connectivity index (χ1v) is 9.66. The van der Waals surface area contributed by atoms with Crippen molar-refractivity contribution in [3.8, 4) is 0 Å². The number of fused-ring (bicyclic) bond motifs is 1. The molecule has 2 fully saturated rings. The molecular formula is C16H19N3O4S. The molecule has 0 N–H and O–H groups in total. The molecular weight excluding hydrogens is 330 g/mol. The number of aromatic nitrogens is 1. The molecule has 2 aromatic rings. The van der Waals surface area contributed by atoms with Crippen molar-refractivity contribution in [1.82, 2.24) is 14.4 Å². The second kappa shape index (κ2) is 5.86. The fourth-order valence-corrected chi connectivity index (χ4v) is 4.92. The Bertz CT molecular complexity index is 864. The van der Waals surface area contributed by atoms with E-state index in [1.54, 1.807) is 4.90 Å². The average molecular weight is 349 g/mol. The molecule has 24 heavy (non-hydrogen) atoms. The molecule has 128 valence electrons. The van der Waals surface area contributed by atoms with Gasteiger partial charge in [-0.05, 0) is 25.0 Å².